The summed E-state index contributed by atoms with van der Waals surface area (Å²) < 4.78 is 15.9. The van der Waals surface area contributed by atoms with Crippen molar-refractivity contribution in [1.29, 1.82) is 0 Å². The number of nitrogens with one attached hydrogen (secondary N) is 1. The highest BCUT2D eigenvalue weighted by Crippen LogP contribution is 2.29. The standard InChI is InChI=1S/C27H37NO7/c1-27(2,3)35-26(32)28-21(15-18-9-7-6-8-10-18)22(29)17-20(25(30)31)13-11-19-12-14-23(33-4)24(16-19)34-5/h6-10,12,14,16,20-22,29H,11,13,15,17H2,1-5H3,(H,28,32)(H,30,31). The minimum absolute atomic E-state index is 0.0179. The second-order valence-electron chi connectivity index (χ2n) is 9.51. The average Bonchev–Trinajstić information content (AvgIpc) is 2.80. The van der Waals surface area contributed by atoms with Gasteiger partial charge in [-0.05, 0) is 69.7 Å². The molecule has 1 amide bonds. The zero-order chi connectivity index (χ0) is 26.0. The highest BCUT2D eigenvalue weighted by Gasteiger charge is 2.29. The predicted octanol–water partition coefficient (Wildman–Crippen LogP) is 4.22. The summed E-state index contributed by atoms with van der Waals surface area (Å²) in [7, 11) is 3.10. The van der Waals surface area contributed by atoms with Crippen molar-refractivity contribution >= 4 is 12.1 Å². The van der Waals surface area contributed by atoms with Crippen LogP contribution in [0.4, 0.5) is 4.79 Å². The van der Waals surface area contributed by atoms with Gasteiger partial charge in [-0.3, -0.25) is 4.79 Å². The Morgan fingerprint density at radius 3 is 2.20 bits per heavy atom. The van der Waals surface area contributed by atoms with E-state index in [2.05, 4.69) is 5.32 Å². The van der Waals surface area contributed by atoms with Crippen molar-refractivity contribution in [3.63, 3.8) is 0 Å². The summed E-state index contributed by atoms with van der Waals surface area (Å²) in [5.74, 6) is -0.642. The van der Waals surface area contributed by atoms with E-state index in [0.29, 0.717) is 30.8 Å². The molecule has 8 nitrogen and oxygen atoms in total. The van der Waals surface area contributed by atoms with Gasteiger partial charge >= 0.3 is 12.1 Å². The fourth-order valence-corrected chi connectivity index (χ4v) is 3.79. The second kappa shape index (κ2) is 13.0. The third-order valence-electron chi connectivity index (χ3n) is 5.57. The number of aliphatic carboxylic acids is 1. The van der Waals surface area contributed by atoms with E-state index in [1.54, 1.807) is 41.1 Å². The molecule has 2 aromatic rings. The summed E-state index contributed by atoms with van der Waals surface area (Å²) in [6.07, 6.45) is -0.637. The van der Waals surface area contributed by atoms with Crippen LogP contribution in [0.3, 0.4) is 0 Å². The smallest absolute Gasteiger partial charge is 0.407 e. The fraction of sp³-hybridized carbons (Fsp3) is 0.481. The van der Waals surface area contributed by atoms with E-state index in [1.807, 2.05) is 42.5 Å². The van der Waals surface area contributed by atoms with E-state index in [4.69, 9.17) is 14.2 Å². The Kier molecular flexibility index (Phi) is 10.4. The molecule has 0 bridgehead atoms. The number of aliphatic hydroxyl groups is 1. The van der Waals surface area contributed by atoms with Crippen molar-refractivity contribution in [2.45, 2.75) is 64.2 Å². The van der Waals surface area contributed by atoms with E-state index in [1.165, 1.54) is 0 Å². The SMILES string of the molecule is COc1ccc(CCC(CC(O)C(Cc2ccccc2)NC(=O)OC(C)(C)C)C(=O)O)cc1OC. The molecule has 35 heavy (non-hydrogen) atoms. The van der Waals surface area contributed by atoms with Crippen LogP contribution in [0, 0.1) is 5.92 Å². The summed E-state index contributed by atoms with van der Waals surface area (Å²) in [5, 5.41) is 23.6. The van der Waals surface area contributed by atoms with Crippen molar-refractivity contribution in [2.75, 3.05) is 14.2 Å². The second-order valence-corrected chi connectivity index (χ2v) is 9.51. The number of methoxy groups -OCH3 is 2. The van der Waals surface area contributed by atoms with Gasteiger partial charge in [-0.25, -0.2) is 4.79 Å². The molecule has 0 saturated carbocycles. The van der Waals surface area contributed by atoms with E-state index in [-0.39, 0.29) is 6.42 Å². The first-order chi connectivity index (χ1) is 16.5. The number of carbonyl (C=O) groups excluding carboxylic acids is 1. The third kappa shape index (κ3) is 9.48. The van der Waals surface area contributed by atoms with Crippen LogP contribution in [-0.2, 0) is 22.4 Å². The van der Waals surface area contributed by atoms with Crippen LogP contribution < -0.4 is 14.8 Å². The molecule has 0 radical (unpaired) electrons. The van der Waals surface area contributed by atoms with Gasteiger partial charge in [0.2, 0.25) is 0 Å². The zero-order valence-corrected chi connectivity index (χ0v) is 21.1. The van der Waals surface area contributed by atoms with Gasteiger partial charge in [0.25, 0.3) is 0 Å². The average molecular weight is 488 g/mol. The first kappa shape index (κ1) is 28.0. The number of ether oxygens (including phenoxy) is 3. The van der Waals surface area contributed by atoms with Gasteiger partial charge in [-0.1, -0.05) is 36.4 Å². The van der Waals surface area contributed by atoms with Crippen molar-refractivity contribution in [1.82, 2.24) is 5.32 Å². The van der Waals surface area contributed by atoms with E-state index >= 15 is 0 Å². The summed E-state index contributed by atoms with van der Waals surface area (Å²) in [6, 6.07) is 14.1. The van der Waals surface area contributed by atoms with Gasteiger partial charge in [0.15, 0.2) is 11.5 Å². The van der Waals surface area contributed by atoms with Crippen molar-refractivity contribution in [3.8, 4) is 11.5 Å². The molecule has 192 valence electrons. The van der Waals surface area contributed by atoms with Crippen molar-refractivity contribution in [2.24, 2.45) is 5.92 Å². The highest BCUT2D eigenvalue weighted by molar-refractivity contribution is 5.70. The molecule has 2 rings (SSSR count). The van der Waals surface area contributed by atoms with Crippen LogP contribution in [0.15, 0.2) is 48.5 Å². The number of hydrogen-bond acceptors (Lipinski definition) is 6. The summed E-state index contributed by atoms with van der Waals surface area (Å²) >= 11 is 0. The maximum absolute atomic E-state index is 12.4. The molecule has 0 aliphatic carbocycles. The molecule has 3 atom stereocenters. The molecule has 0 aliphatic heterocycles. The number of carboxylic acids is 1. The highest BCUT2D eigenvalue weighted by atomic mass is 16.6. The number of hydrogen-bond donors (Lipinski definition) is 3. The van der Waals surface area contributed by atoms with Crippen molar-refractivity contribution in [3.05, 3.63) is 59.7 Å². The summed E-state index contributed by atoms with van der Waals surface area (Å²) in [6.45, 7) is 5.26. The molecule has 0 aromatic heterocycles. The van der Waals surface area contributed by atoms with E-state index < -0.39 is 35.7 Å². The first-order valence-electron chi connectivity index (χ1n) is 11.7. The number of alkyl carbamates (subject to hydrolysis) is 1. The Bertz CT molecular complexity index is 956. The lowest BCUT2D eigenvalue weighted by Crippen LogP contribution is -2.47. The van der Waals surface area contributed by atoms with Gasteiger partial charge in [0.05, 0.1) is 32.3 Å². The summed E-state index contributed by atoms with van der Waals surface area (Å²) in [4.78, 5) is 24.4. The van der Waals surface area contributed by atoms with Crippen LogP contribution in [0.2, 0.25) is 0 Å². The lowest BCUT2D eigenvalue weighted by atomic mass is 9.89. The Balaban J connectivity index is 2.11. The van der Waals surface area contributed by atoms with E-state index in [9.17, 15) is 19.8 Å². The molecule has 0 aliphatic rings. The van der Waals surface area contributed by atoms with Gasteiger partial charge in [-0.2, -0.15) is 0 Å². The van der Waals surface area contributed by atoms with Gasteiger partial charge in [-0.15, -0.1) is 0 Å². The molecule has 0 fully saturated rings. The molecule has 0 saturated heterocycles. The molecule has 8 heteroatoms. The lowest BCUT2D eigenvalue weighted by molar-refractivity contribution is -0.143. The molecule has 3 N–H and O–H groups in total. The van der Waals surface area contributed by atoms with Crippen LogP contribution >= 0.6 is 0 Å². The monoisotopic (exact) mass is 487 g/mol. The quantitative estimate of drug-likeness (QED) is 0.411. The number of carbonyl (C=O) groups is 2. The van der Waals surface area contributed by atoms with Gasteiger partial charge in [0.1, 0.15) is 5.60 Å². The summed E-state index contributed by atoms with van der Waals surface area (Å²) in [5.41, 5.74) is 1.11. The Labute approximate surface area is 207 Å². The largest absolute Gasteiger partial charge is 0.493 e. The normalized spacial score (nSPS) is 13.9. The maximum Gasteiger partial charge on any atom is 0.407 e. The minimum atomic E-state index is -1.09. The number of carboxylic acid groups (broad SMARTS) is 1. The van der Waals surface area contributed by atoms with Crippen LogP contribution in [0.5, 0.6) is 11.5 Å². The molecule has 0 heterocycles. The topological polar surface area (TPSA) is 114 Å². The Hall–Kier alpha value is -3.26. The lowest BCUT2D eigenvalue weighted by Gasteiger charge is -2.28. The number of rotatable bonds is 12. The fourth-order valence-electron chi connectivity index (χ4n) is 3.79. The molecular weight excluding hydrogens is 450 g/mol. The van der Waals surface area contributed by atoms with Crippen LogP contribution in [0.25, 0.3) is 0 Å². The Morgan fingerprint density at radius 2 is 1.63 bits per heavy atom. The van der Waals surface area contributed by atoms with E-state index in [0.717, 1.165) is 11.1 Å². The van der Waals surface area contributed by atoms with Crippen molar-refractivity contribution < 1.29 is 34.0 Å². The Morgan fingerprint density at radius 1 is 0.971 bits per heavy atom. The maximum atomic E-state index is 12.4. The zero-order valence-electron chi connectivity index (χ0n) is 21.1. The van der Waals surface area contributed by atoms with Crippen LogP contribution in [0.1, 0.15) is 44.7 Å². The number of aryl methyl sites for hydroxylation is 1. The predicted molar refractivity (Wildman–Crippen MR) is 133 cm³/mol. The molecule has 2 aromatic carbocycles. The number of aliphatic hydroxyl groups excluding tert-OH is 1. The molecular formula is C27H37NO7. The van der Waals surface area contributed by atoms with Crippen LogP contribution in [-0.4, -0.2) is 54.2 Å². The third-order valence-corrected chi connectivity index (χ3v) is 5.57. The number of benzene rings is 2. The number of amides is 1. The molecule has 0 spiro atoms. The first-order valence-corrected chi connectivity index (χ1v) is 11.7. The van der Waals surface area contributed by atoms with Gasteiger partial charge < -0.3 is 29.7 Å². The van der Waals surface area contributed by atoms with Gasteiger partial charge in [0, 0.05) is 0 Å². The minimum Gasteiger partial charge on any atom is -0.493 e. The molecule has 3 unspecified atom stereocenters.